The fourth-order valence-electron chi connectivity index (χ4n) is 1.36. The lowest BCUT2D eigenvalue weighted by Crippen LogP contribution is -2.02. The molecule has 1 aromatic carbocycles. The molecular weight excluding hydrogens is 286 g/mol. The number of nitrogens with two attached hydrogens (primary N) is 1. The average molecular weight is 298 g/mol. The van der Waals surface area contributed by atoms with Gasteiger partial charge in [0.15, 0.2) is 0 Å². The van der Waals surface area contributed by atoms with Gasteiger partial charge in [-0.1, -0.05) is 15.9 Å². The number of rotatable bonds is 3. The van der Waals surface area contributed by atoms with Crippen molar-refractivity contribution in [2.45, 2.75) is 13.5 Å². The summed E-state index contributed by atoms with van der Waals surface area (Å²) in [7, 11) is 0. The first-order valence-electron chi connectivity index (χ1n) is 4.85. The van der Waals surface area contributed by atoms with Crippen LogP contribution in [0.15, 0.2) is 28.1 Å². The van der Waals surface area contributed by atoms with Crippen LogP contribution in [0.4, 0.5) is 11.4 Å². The van der Waals surface area contributed by atoms with Gasteiger partial charge in [-0.15, -0.1) is 11.3 Å². The van der Waals surface area contributed by atoms with Crippen molar-refractivity contribution in [2.75, 3.05) is 11.1 Å². The maximum Gasteiger partial charge on any atom is 0.0898 e. The van der Waals surface area contributed by atoms with E-state index in [1.54, 1.807) is 11.3 Å². The molecule has 0 radical (unpaired) electrons. The van der Waals surface area contributed by atoms with Crippen molar-refractivity contribution in [1.29, 1.82) is 0 Å². The summed E-state index contributed by atoms with van der Waals surface area (Å²) in [5.41, 5.74) is 8.58. The molecular formula is C11H12BrN3S. The maximum absolute atomic E-state index is 5.86. The molecule has 16 heavy (non-hydrogen) atoms. The quantitative estimate of drug-likeness (QED) is 0.854. The summed E-state index contributed by atoms with van der Waals surface area (Å²) in [6.45, 7) is 2.70. The van der Waals surface area contributed by atoms with Gasteiger partial charge in [-0.25, -0.2) is 4.98 Å². The second-order valence-electron chi connectivity index (χ2n) is 3.44. The Morgan fingerprint density at radius 1 is 1.50 bits per heavy atom. The molecule has 3 nitrogen and oxygen atoms in total. The van der Waals surface area contributed by atoms with Crippen molar-refractivity contribution < 1.29 is 0 Å². The zero-order valence-corrected chi connectivity index (χ0v) is 11.2. The Morgan fingerprint density at radius 3 is 3.00 bits per heavy atom. The van der Waals surface area contributed by atoms with E-state index in [2.05, 4.69) is 31.6 Å². The van der Waals surface area contributed by atoms with Crippen LogP contribution >= 0.6 is 27.3 Å². The summed E-state index contributed by atoms with van der Waals surface area (Å²) in [5.74, 6) is 0. The van der Waals surface area contributed by atoms with Gasteiger partial charge in [0.2, 0.25) is 0 Å². The van der Waals surface area contributed by atoms with Crippen LogP contribution in [-0.2, 0) is 6.54 Å². The largest absolute Gasteiger partial charge is 0.397 e. The first-order chi connectivity index (χ1) is 7.65. The predicted octanol–water partition coefficient (Wildman–Crippen LogP) is 3.41. The lowest BCUT2D eigenvalue weighted by Gasteiger charge is -2.08. The Hall–Kier alpha value is -1.07. The van der Waals surface area contributed by atoms with Gasteiger partial charge < -0.3 is 11.1 Å². The normalized spacial score (nSPS) is 10.4. The Labute approximate surface area is 107 Å². The third-order valence-corrected chi connectivity index (χ3v) is 3.46. The van der Waals surface area contributed by atoms with Gasteiger partial charge in [-0.3, -0.25) is 0 Å². The second-order valence-corrected chi connectivity index (χ2v) is 5.42. The Morgan fingerprint density at radius 2 is 2.31 bits per heavy atom. The Bertz CT molecular complexity index is 496. The monoisotopic (exact) mass is 297 g/mol. The number of benzene rings is 1. The molecule has 0 unspecified atom stereocenters. The number of hydrogen-bond donors (Lipinski definition) is 2. The van der Waals surface area contributed by atoms with Gasteiger partial charge in [0.1, 0.15) is 0 Å². The van der Waals surface area contributed by atoms with Crippen LogP contribution in [-0.4, -0.2) is 4.98 Å². The van der Waals surface area contributed by atoms with Crippen molar-refractivity contribution in [3.05, 3.63) is 38.8 Å². The molecule has 3 N–H and O–H groups in total. The number of nitrogen functional groups attached to an aromatic ring is 1. The molecule has 2 aromatic rings. The van der Waals surface area contributed by atoms with Crippen LogP contribution < -0.4 is 11.1 Å². The highest BCUT2D eigenvalue weighted by atomic mass is 79.9. The molecule has 0 saturated carbocycles. The molecule has 2 rings (SSSR count). The van der Waals surface area contributed by atoms with E-state index in [0.717, 1.165) is 26.5 Å². The van der Waals surface area contributed by atoms with Gasteiger partial charge in [-0.2, -0.15) is 0 Å². The van der Waals surface area contributed by atoms with Crippen LogP contribution in [0.5, 0.6) is 0 Å². The Balaban J connectivity index is 2.07. The number of nitrogens with zero attached hydrogens (tertiary/aromatic N) is 1. The average Bonchev–Trinajstić information content (AvgIpc) is 2.66. The number of nitrogens with one attached hydrogen (secondary N) is 1. The van der Waals surface area contributed by atoms with E-state index >= 15 is 0 Å². The Kier molecular flexibility index (Phi) is 3.46. The molecule has 84 valence electrons. The third kappa shape index (κ3) is 2.74. The highest BCUT2D eigenvalue weighted by Crippen LogP contribution is 2.23. The van der Waals surface area contributed by atoms with E-state index < -0.39 is 0 Å². The first kappa shape index (κ1) is 11.4. The summed E-state index contributed by atoms with van der Waals surface area (Å²) in [6, 6.07) is 5.76. The smallest absolute Gasteiger partial charge is 0.0898 e. The molecule has 0 aliphatic carbocycles. The second kappa shape index (κ2) is 4.84. The van der Waals surface area contributed by atoms with Crippen molar-refractivity contribution in [3.63, 3.8) is 0 Å². The highest BCUT2D eigenvalue weighted by Gasteiger charge is 2.01. The molecule has 1 heterocycles. The maximum atomic E-state index is 5.86. The fraction of sp³-hybridized carbons (Fsp3) is 0.182. The van der Waals surface area contributed by atoms with Crippen molar-refractivity contribution >= 4 is 38.6 Å². The lowest BCUT2D eigenvalue weighted by molar-refractivity contribution is 1.06. The van der Waals surface area contributed by atoms with Gasteiger partial charge in [-0.05, 0) is 25.1 Å². The number of aryl methyl sites for hydroxylation is 1. The predicted molar refractivity (Wildman–Crippen MR) is 72.7 cm³/mol. The topological polar surface area (TPSA) is 50.9 Å². The molecule has 0 amide bonds. The van der Waals surface area contributed by atoms with Crippen LogP contribution in [0, 0.1) is 6.92 Å². The zero-order valence-electron chi connectivity index (χ0n) is 8.83. The SMILES string of the molecule is Cc1nc(CNc2cc(Br)ccc2N)cs1. The van der Waals surface area contributed by atoms with Crippen molar-refractivity contribution in [2.24, 2.45) is 0 Å². The molecule has 5 heteroatoms. The number of aromatic nitrogens is 1. The molecule has 0 spiro atoms. The molecule has 0 aliphatic heterocycles. The number of anilines is 2. The lowest BCUT2D eigenvalue weighted by atomic mass is 10.2. The van der Waals surface area contributed by atoms with E-state index in [1.165, 1.54) is 0 Å². The minimum absolute atomic E-state index is 0.699. The molecule has 0 bridgehead atoms. The minimum atomic E-state index is 0.699. The molecule has 1 aromatic heterocycles. The van der Waals surface area contributed by atoms with Crippen molar-refractivity contribution in [1.82, 2.24) is 4.98 Å². The van der Waals surface area contributed by atoms with Gasteiger partial charge in [0.05, 0.1) is 28.6 Å². The van der Waals surface area contributed by atoms with E-state index in [9.17, 15) is 0 Å². The number of halogens is 1. The van der Waals surface area contributed by atoms with E-state index in [0.29, 0.717) is 6.54 Å². The van der Waals surface area contributed by atoms with E-state index in [1.807, 2.05) is 25.1 Å². The summed E-state index contributed by atoms with van der Waals surface area (Å²) >= 11 is 5.07. The zero-order chi connectivity index (χ0) is 11.5. The summed E-state index contributed by atoms with van der Waals surface area (Å²) < 4.78 is 1.01. The van der Waals surface area contributed by atoms with Crippen molar-refractivity contribution in [3.8, 4) is 0 Å². The van der Waals surface area contributed by atoms with Gasteiger partial charge in [0.25, 0.3) is 0 Å². The van der Waals surface area contributed by atoms with E-state index in [4.69, 9.17) is 5.73 Å². The van der Waals surface area contributed by atoms with Crippen LogP contribution in [0.25, 0.3) is 0 Å². The van der Waals surface area contributed by atoms with Crippen LogP contribution in [0.3, 0.4) is 0 Å². The minimum Gasteiger partial charge on any atom is -0.397 e. The first-order valence-corrected chi connectivity index (χ1v) is 6.52. The van der Waals surface area contributed by atoms with Gasteiger partial charge in [0, 0.05) is 9.85 Å². The van der Waals surface area contributed by atoms with Crippen LogP contribution in [0.2, 0.25) is 0 Å². The summed E-state index contributed by atoms with van der Waals surface area (Å²) in [6.07, 6.45) is 0. The van der Waals surface area contributed by atoms with E-state index in [-0.39, 0.29) is 0 Å². The summed E-state index contributed by atoms with van der Waals surface area (Å²) in [5, 5.41) is 6.41. The standard InChI is InChI=1S/C11H12BrN3S/c1-7-15-9(6-16-7)5-14-11-4-8(12)2-3-10(11)13/h2-4,6,14H,5,13H2,1H3. The number of thiazole rings is 1. The molecule has 0 saturated heterocycles. The molecule has 0 aliphatic rings. The molecule has 0 atom stereocenters. The third-order valence-electron chi connectivity index (χ3n) is 2.14. The number of hydrogen-bond acceptors (Lipinski definition) is 4. The highest BCUT2D eigenvalue weighted by molar-refractivity contribution is 9.10. The summed E-state index contributed by atoms with van der Waals surface area (Å²) in [4.78, 5) is 4.38. The molecule has 0 fully saturated rings. The van der Waals surface area contributed by atoms with Crippen LogP contribution in [0.1, 0.15) is 10.7 Å². The van der Waals surface area contributed by atoms with Gasteiger partial charge >= 0.3 is 0 Å². The fourth-order valence-corrected chi connectivity index (χ4v) is 2.33.